The lowest BCUT2D eigenvalue weighted by molar-refractivity contribution is 0.101. The first-order chi connectivity index (χ1) is 18.3. The van der Waals surface area contributed by atoms with Crippen LogP contribution in [0.1, 0.15) is 83.5 Å². The Morgan fingerprint density at radius 3 is 1.58 bits per heavy atom. The van der Waals surface area contributed by atoms with Crippen LogP contribution < -0.4 is 0 Å². The number of rotatable bonds is 8. The van der Waals surface area contributed by atoms with Crippen molar-refractivity contribution in [3.05, 3.63) is 118 Å². The van der Waals surface area contributed by atoms with Crippen molar-refractivity contribution >= 4 is 11.6 Å². The third-order valence-electron chi connectivity index (χ3n) is 6.87. The molecule has 0 N–H and O–H groups in total. The lowest BCUT2D eigenvalue weighted by Crippen LogP contribution is -2.00. The average molecular weight is 505 g/mol. The molecule has 2 heteroatoms. The summed E-state index contributed by atoms with van der Waals surface area (Å²) in [5.41, 5.74) is 11.1. The second-order valence-corrected chi connectivity index (χ2v) is 10.0. The highest BCUT2D eigenvalue weighted by atomic mass is 16.1. The second-order valence-electron chi connectivity index (χ2n) is 10.0. The van der Waals surface area contributed by atoms with E-state index in [1.807, 2.05) is 42.5 Å². The average Bonchev–Trinajstić information content (AvgIpc) is 2.90. The van der Waals surface area contributed by atoms with Crippen molar-refractivity contribution in [1.29, 1.82) is 0 Å². The van der Waals surface area contributed by atoms with E-state index in [1.165, 1.54) is 27.8 Å². The number of benzene rings is 4. The quantitative estimate of drug-likeness (QED) is 0.224. The highest BCUT2D eigenvalue weighted by Crippen LogP contribution is 2.30. The Balaban J connectivity index is 0.000000221. The number of carbonyl (C=O) groups excluding carboxylic acids is 2. The molecule has 196 valence electrons. The van der Waals surface area contributed by atoms with E-state index in [0.29, 0.717) is 0 Å². The van der Waals surface area contributed by atoms with Gasteiger partial charge in [0.1, 0.15) is 0 Å². The molecule has 0 atom stereocenters. The van der Waals surface area contributed by atoms with Crippen molar-refractivity contribution in [3.63, 3.8) is 0 Å². The van der Waals surface area contributed by atoms with Gasteiger partial charge in [-0.1, -0.05) is 112 Å². The molecule has 0 amide bonds. The molecule has 4 aromatic rings. The lowest BCUT2D eigenvalue weighted by atomic mass is 9.90. The summed E-state index contributed by atoms with van der Waals surface area (Å²) in [4.78, 5) is 23.6. The summed E-state index contributed by atoms with van der Waals surface area (Å²) in [6.07, 6.45) is 4.39. The molecule has 2 nitrogen and oxygen atoms in total. The van der Waals surface area contributed by atoms with Gasteiger partial charge in [-0.25, -0.2) is 0 Å². The SMILES string of the molecule is CC(=O)c1ccccc1-c1ccccc1C.CCCc1ccc(C)c(-c2cc(CCC)ccc2C(C)=O)c1. The maximum Gasteiger partial charge on any atom is 0.160 e. The number of carbonyl (C=O) groups is 2. The summed E-state index contributed by atoms with van der Waals surface area (Å²) in [7, 11) is 0. The van der Waals surface area contributed by atoms with Crippen LogP contribution >= 0.6 is 0 Å². The van der Waals surface area contributed by atoms with Crippen molar-refractivity contribution < 1.29 is 9.59 Å². The summed E-state index contributed by atoms with van der Waals surface area (Å²) < 4.78 is 0. The van der Waals surface area contributed by atoms with Gasteiger partial charge in [-0.05, 0) is 85.0 Å². The minimum Gasteiger partial charge on any atom is -0.294 e. The van der Waals surface area contributed by atoms with Gasteiger partial charge in [0, 0.05) is 11.1 Å². The maximum absolute atomic E-state index is 12.0. The van der Waals surface area contributed by atoms with E-state index < -0.39 is 0 Å². The van der Waals surface area contributed by atoms with E-state index in [2.05, 4.69) is 70.2 Å². The van der Waals surface area contributed by atoms with Gasteiger partial charge in [-0.15, -0.1) is 0 Å². The molecule has 0 aromatic heterocycles. The van der Waals surface area contributed by atoms with E-state index >= 15 is 0 Å². The molecule has 0 saturated carbocycles. The highest BCUT2D eigenvalue weighted by Gasteiger charge is 2.13. The second kappa shape index (κ2) is 13.7. The van der Waals surface area contributed by atoms with Gasteiger partial charge >= 0.3 is 0 Å². The Labute approximate surface area is 228 Å². The fourth-order valence-corrected chi connectivity index (χ4v) is 4.87. The summed E-state index contributed by atoms with van der Waals surface area (Å²) in [6.45, 7) is 11.8. The zero-order chi connectivity index (χ0) is 27.7. The predicted octanol–water partition coefficient (Wildman–Crippen LogP) is 9.63. The molecule has 4 aromatic carbocycles. The van der Waals surface area contributed by atoms with Crippen LogP contribution in [0.3, 0.4) is 0 Å². The van der Waals surface area contributed by atoms with Crippen LogP contribution in [0.4, 0.5) is 0 Å². The van der Waals surface area contributed by atoms with E-state index in [-0.39, 0.29) is 11.6 Å². The first kappa shape index (κ1) is 28.8. The number of hydrogen-bond acceptors (Lipinski definition) is 2. The smallest absolute Gasteiger partial charge is 0.160 e. The fraction of sp³-hybridized carbons (Fsp3) is 0.278. The molecule has 0 bridgehead atoms. The number of hydrogen-bond donors (Lipinski definition) is 0. The number of Topliss-reactive ketones (excluding diaryl/α,β-unsaturated/α-hetero) is 2. The molecule has 0 heterocycles. The predicted molar refractivity (Wildman–Crippen MR) is 161 cm³/mol. The highest BCUT2D eigenvalue weighted by molar-refractivity contribution is 6.02. The molecule has 0 unspecified atom stereocenters. The van der Waals surface area contributed by atoms with Gasteiger partial charge < -0.3 is 0 Å². The lowest BCUT2D eigenvalue weighted by Gasteiger charge is -2.14. The first-order valence-electron chi connectivity index (χ1n) is 13.7. The standard InChI is InChI=1S/C21H26O.C15H14O/c1-5-7-17-10-9-15(3)20(13-17)21-14-18(8-6-2)11-12-19(21)16(4)22;1-11-7-3-4-8-13(11)15-10-6-5-9-14(15)12(2)16/h9-14H,5-8H2,1-4H3;3-10H,1-2H3. The van der Waals surface area contributed by atoms with Gasteiger partial charge in [0.25, 0.3) is 0 Å². The Hall–Kier alpha value is -3.78. The number of ketones is 2. The van der Waals surface area contributed by atoms with Gasteiger partial charge in [0.15, 0.2) is 11.6 Å². The van der Waals surface area contributed by atoms with E-state index in [1.54, 1.807) is 13.8 Å². The summed E-state index contributed by atoms with van der Waals surface area (Å²) in [5, 5.41) is 0. The van der Waals surface area contributed by atoms with Gasteiger partial charge in [-0.3, -0.25) is 9.59 Å². The summed E-state index contributed by atoms with van der Waals surface area (Å²) in [6, 6.07) is 28.8. The minimum absolute atomic E-state index is 0.110. The molecule has 0 aliphatic rings. The van der Waals surface area contributed by atoms with Crippen LogP contribution in [0.5, 0.6) is 0 Å². The van der Waals surface area contributed by atoms with Crippen molar-refractivity contribution in [2.75, 3.05) is 0 Å². The first-order valence-corrected chi connectivity index (χ1v) is 13.7. The Kier molecular flexibility index (Phi) is 10.4. The Morgan fingerprint density at radius 1 is 0.526 bits per heavy atom. The van der Waals surface area contributed by atoms with E-state index in [4.69, 9.17) is 0 Å². The normalized spacial score (nSPS) is 10.5. The summed E-state index contributed by atoms with van der Waals surface area (Å²) >= 11 is 0. The van der Waals surface area contributed by atoms with Gasteiger partial charge in [0.05, 0.1) is 0 Å². The molecule has 38 heavy (non-hydrogen) atoms. The van der Waals surface area contributed by atoms with Gasteiger partial charge in [0.2, 0.25) is 0 Å². The third kappa shape index (κ3) is 7.16. The van der Waals surface area contributed by atoms with Gasteiger partial charge in [-0.2, -0.15) is 0 Å². The zero-order valence-electron chi connectivity index (χ0n) is 23.7. The Bertz CT molecular complexity index is 1410. The van der Waals surface area contributed by atoms with Crippen molar-refractivity contribution in [1.82, 2.24) is 0 Å². The minimum atomic E-state index is 0.110. The molecular formula is C36H40O2. The zero-order valence-corrected chi connectivity index (χ0v) is 23.7. The van der Waals surface area contributed by atoms with Crippen LogP contribution in [0.15, 0.2) is 84.9 Å². The van der Waals surface area contributed by atoms with E-state index in [9.17, 15) is 9.59 Å². The largest absolute Gasteiger partial charge is 0.294 e. The van der Waals surface area contributed by atoms with Crippen molar-refractivity contribution in [2.45, 2.75) is 67.2 Å². The molecular weight excluding hydrogens is 464 g/mol. The van der Waals surface area contributed by atoms with Crippen LogP contribution in [-0.2, 0) is 12.8 Å². The molecule has 0 saturated heterocycles. The van der Waals surface area contributed by atoms with Crippen LogP contribution in [0.2, 0.25) is 0 Å². The van der Waals surface area contributed by atoms with Crippen molar-refractivity contribution in [3.8, 4) is 22.3 Å². The number of aryl methyl sites for hydroxylation is 4. The van der Waals surface area contributed by atoms with Crippen LogP contribution in [-0.4, -0.2) is 11.6 Å². The molecule has 4 rings (SSSR count). The fourth-order valence-electron chi connectivity index (χ4n) is 4.87. The molecule has 0 radical (unpaired) electrons. The molecule has 0 spiro atoms. The van der Waals surface area contributed by atoms with Crippen molar-refractivity contribution in [2.24, 2.45) is 0 Å². The maximum atomic E-state index is 12.0. The topological polar surface area (TPSA) is 34.1 Å². The summed E-state index contributed by atoms with van der Waals surface area (Å²) in [5.74, 6) is 0.247. The third-order valence-corrected chi connectivity index (χ3v) is 6.87. The Morgan fingerprint density at radius 2 is 1.00 bits per heavy atom. The molecule has 0 fully saturated rings. The van der Waals surface area contributed by atoms with E-state index in [0.717, 1.165) is 53.5 Å². The van der Waals surface area contributed by atoms with Crippen LogP contribution in [0.25, 0.3) is 22.3 Å². The van der Waals surface area contributed by atoms with Crippen LogP contribution in [0, 0.1) is 13.8 Å². The monoisotopic (exact) mass is 504 g/mol. The molecule has 0 aliphatic heterocycles. The molecule has 0 aliphatic carbocycles.